The second kappa shape index (κ2) is 5.33. The topological polar surface area (TPSA) is 45.0 Å². The fourth-order valence-electron chi connectivity index (χ4n) is 1.47. The lowest BCUT2D eigenvalue weighted by Gasteiger charge is -2.32. The van der Waals surface area contributed by atoms with Crippen LogP contribution in [0.5, 0.6) is 0 Å². The summed E-state index contributed by atoms with van der Waals surface area (Å²) in [4.78, 5) is 0. The van der Waals surface area contributed by atoms with Gasteiger partial charge in [-0.2, -0.15) is 5.26 Å². The number of ether oxygens (including phenoxy) is 1. The Morgan fingerprint density at radius 2 is 1.93 bits per heavy atom. The van der Waals surface area contributed by atoms with Crippen LogP contribution in [0.2, 0.25) is 0 Å². The van der Waals surface area contributed by atoms with Gasteiger partial charge < -0.3 is 4.74 Å². The summed E-state index contributed by atoms with van der Waals surface area (Å²) in [6.45, 7) is 8.87. The van der Waals surface area contributed by atoms with Crippen LogP contribution in [0.15, 0.2) is 0 Å². The standard InChI is InChI=1S/C11H22N2O/c1-6-7-13-11(4,9-12)8-10(2,3)14-5/h13H,6-8H2,1-5H3. The number of nitrogens with one attached hydrogen (secondary N) is 1. The van der Waals surface area contributed by atoms with Crippen LogP contribution < -0.4 is 5.32 Å². The summed E-state index contributed by atoms with van der Waals surface area (Å²) in [5.74, 6) is 0. The Balaban J connectivity index is 4.33. The van der Waals surface area contributed by atoms with E-state index in [9.17, 15) is 0 Å². The minimum Gasteiger partial charge on any atom is -0.379 e. The molecule has 0 heterocycles. The molecule has 0 amide bonds. The van der Waals surface area contributed by atoms with Gasteiger partial charge in [0.05, 0.1) is 11.7 Å². The average Bonchev–Trinajstić information content (AvgIpc) is 2.14. The number of hydrogen-bond acceptors (Lipinski definition) is 3. The first-order valence-corrected chi connectivity index (χ1v) is 5.10. The zero-order chi connectivity index (χ0) is 11.2. The Hall–Kier alpha value is -0.590. The Bertz CT molecular complexity index is 208. The van der Waals surface area contributed by atoms with Crippen LogP contribution in [0, 0.1) is 11.3 Å². The van der Waals surface area contributed by atoms with Crippen LogP contribution in [0.3, 0.4) is 0 Å². The molecule has 0 saturated heterocycles. The van der Waals surface area contributed by atoms with Gasteiger partial charge in [0.25, 0.3) is 0 Å². The van der Waals surface area contributed by atoms with Gasteiger partial charge in [0.1, 0.15) is 5.54 Å². The van der Waals surface area contributed by atoms with Gasteiger partial charge in [0.15, 0.2) is 0 Å². The number of nitriles is 1. The molecule has 0 bridgehead atoms. The Labute approximate surface area is 87.4 Å². The molecule has 0 aromatic heterocycles. The van der Waals surface area contributed by atoms with Crippen LogP contribution >= 0.6 is 0 Å². The molecule has 0 saturated carbocycles. The number of methoxy groups -OCH3 is 1. The van der Waals surface area contributed by atoms with Crippen LogP contribution in [0.25, 0.3) is 0 Å². The van der Waals surface area contributed by atoms with Crippen molar-refractivity contribution in [3.05, 3.63) is 0 Å². The minimum absolute atomic E-state index is 0.259. The highest BCUT2D eigenvalue weighted by atomic mass is 16.5. The lowest BCUT2D eigenvalue weighted by atomic mass is 9.89. The van der Waals surface area contributed by atoms with Crippen molar-refractivity contribution in [2.24, 2.45) is 0 Å². The van der Waals surface area contributed by atoms with Gasteiger partial charge in [0.2, 0.25) is 0 Å². The van der Waals surface area contributed by atoms with Gasteiger partial charge in [-0.1, -0.05) is 6.92 Å². The quantitative estimate of drug-likeness (QED) is 0.710. The predicted octanol–water partition coefficient (Wildman–Crippen LogP) is 2.08. The van der Waals surface area contributed by atoms with E-state index in [4.69, 9.17) is 10.00 Å². The molecule has 0 aliphatic carbocycles. The molecule has 0 spiro atoms. The molecule has 3 nitrogen and oxygen atoms in total. The van der Waals surface area contributed by atoms with Crippen LogP contribution in [0.1, 0.15) is 40.5 Å². The van der Waals surface area contributed by atoms with Gasteiger partial charge in [-0.15, -0.1) is 0 Å². The molecule has 0 rings (SSSR count). The summed E-state index contributed by atoms with van der Waals surface area (Å²) >= 11 is 0. The normalized spacial score (nSPS) is 16.0. The van der Waals surface area contributed by atoms with E-state index in [1.807, 2.05) is 20.8 Å². The van der Waals surface area contributed by atoms with E-state index in [2.05, 4.69) is 18.3 Å². The number of rotatable bonds is 6. The SMILES string of the molecule is CCCNC(C)(C#N)CC(C)(C)OC. The van der Waals surface area contributed by atoms with E-state index in [-0.39, 0.29) is 5.60 Å². The molecule has 1 atom stereocenters. The first-order valence-electron chi connectivity index (χ1n) is 5.10. The molecule has 0 aromatic carbocycles. The van der Waals surface area contributed by atoms with Gasteiger partial charge in [-0.3, -0.25) is 5.32 Å². The molecule has 14 heavy (non-hydrogen) atoms. The summed E-state index contributed by atoms with van der Waals surface area (Å²) in [6, 6.07) is 2.31. The van der Waals surface area contributed by atoms with Crippen molar-refractivity contribution in [1.29, 1.82) is 5.26 Å². The number of hydrogen-bond donors (Lipinski definition) is 1. The zero-order valence-electron chi connectivity index (χ0n) is 9.98. The molecular formula is C11H22N2O. The minimum atomic E-state index is -0.491. The predicted molar refractivity (Wildman–Crippen MR) is 58.0 cm³/mol. The van der Waals surface area contributed by atoms with Crippen molar-refractivity contribution >= 4 is 0 Å². The Kier molecular flexibility index (Phi) is 5.11. The van der Waals surface area contributed by atoms with Gasteiger partial charge >= 0.3 is 0 Å². The summed E-state index contributed by atoms with van der Waals surface area (Å²) < 4.78 is 5.32. The summed E-state index contributed by atoms with van der Waals surface area (Å²) in [5, 5.41) is 12.3. The zero-order valence-corrected chi connectivity index (χ0v) is 9.98. The number of nitrogens with zero attached hydrogens (tertiary/aromatic N) is 1. The van der Waals surface area contributed by atoms with Crippen molar-refractivity contribution in [1.82, 2.24) is 5.32 Å². The smallest absolute Gasteiger partial charge is 0.106 e. The van der Waals surface area contributed by atoms with Crippen molar-refractivity contribution in [2.75, 3.05) is 13.7 Å². The third-order valence-corrected chi connectivity index (χ3v) is 2.34. The largest absolute Gasteiger partial charge is 0.379 e. The van der Waals surface area contributed by atoms with E-state index < -0.39 is 5.54 Å². The molecule has 3 heteroatoms. The molecule has 1 N–H and O–H groups in total. The van der Waals surface area contributed by atoms with Gasteiger partial charge in [-0.05, 0) is 33.7 Å². The average molecular weight is 198 g/mol. The van der Waals surface area contributed by atoms with Gasteiger partial charge in [0, 0.05) is 13.5 Å². The maximum absolute atomic E-state index is 9.10. The van der Waals surface area contributed by atoms with Gasteiger partial charge in [-0.25, -0.2) is 0 Å². The molecule has 82 valence electrons. The van der Waals surface area contributed by atoms with Crippen molar-refractivity contribution in [2.45, 2.75) is 51.7 Å². The van der Waals surface area contributed by atoms with Crippen molar-refractivity contribution in [3.8, 4) is 6.07 Å². The van der Waals surface area contributed by atoms with Crippen molar-refractivity contribution in [3.63, 3.8) is 0 Å². The third-order valence-electron chi connectivity index (χ3n) is 2.34. The molecule has 0 radical (unpaired) electrons. The maximum atomic E-state index is 9.10. The highest BCUT2D eigenvalue weighted by Crippen LogP contribution is 2.22. The Morgan fingerprint density at radius 1 is 1.36 bits per heavy atom. The van der Waals surface area contributed by atoms with Crippen LogP contribution in [-0.2, 0) is 4.74 Å². The van der Waals surface area contributed by atoms with E-state index in [1.54, 1.807) is 7.11 Å². The van der Waals surface area contributed by atoms with E-state index >= 15 is 0 Å². The summed E-state index contributed by atoms with van der Waals surface area (Å²) in [5.41, 5.74) is -0.749. The fourth-order valence-corrected chi connectivity index (χ4v) is 1.47. The monoisotopic (exact) mass is 198 g/mol. The van der Waals surface area contributed by atoms with E-state index in [1.165, 1.54) is 0 Å². The Morgan fingerprint density at radius 3 is 2.29 bits per heavy atom. The van der Waals surface area contributed by atoms with Crippen molar-refractivity contribution < 1.29 is 4.74 Å². The maximum Gasteiger partial charge on any atom is 0.106 e. The first kappa shape index (κ1) is 13.4. The molecule has 0 aliphatic heterocycles. The molecule has 0 aromatic rings. The fraction of sp³-hybridized carbons (Fsp3) is 0.909. The summed E-state index contributed by atoms with van der Waals surface area (Å²) in [7, 11) is 1.68. The highest BCUT2D eigenvalue weighted by molar-refractivity contribution is 5.06. The molecule has 0 aliphatic rings. The third kappa shape index (κ3) is 4.59. The molecular weight excluding hydrogens is 176 g/mol. The lowest BCUT2D eigenvalue weighted by Crippen LogP contribution is -2.47. The highest BCUT2D eigenvalue weighted by Gasteiger charge is 2.31. The molecule has 1 unspecified atom stereocenters. The van der Waals surface area contributed by atoms with Crippen LogP contribution in [-0.4, -0.2) is 24.8 Å². The second-order valence-corrected chi connectivity index (χ2v) is 4.51. The van der Waals surface area contributed by atoms with Crippen LogP contribution in [0.4, 0.5) is 0 Å². The van der Waals surface area contributed by atoms with E-state index in [0.717, 1.165) is 13.0 Å². The first-order chi connectivity index (χ1) is 6.39. The lowest BCUT2D eigenvalue weighted by molar-refractivity contribution is 0.00122. The second-order valence-electron chi connectivity index (χ2n) is 4.51. The van der Waals surface area contributed by atoms with E-state index in [0.29, 0.717) is 6.42 Å². The molecule has 0 fully saturated rings. The summed E-state index contributed by atoms with van der Waals surface area (Å²) in [6.07, 6.45) is 1.72.